The molecule has 3 rings (SSSR count). The quantitative estimate of drug-likeness (QED) is 0.665. The van der Waals surface area contributed by atoms with Gasteiger partial charge in [0.15, 0.2) is 0 Å². The molecular formula is C14H12FN3O4. The highest BCUT2D eigenvalue weighted by molar-refractivity contribution is 6.17. The SMILES string of the molecule is O=C1NCc2c(F)cc(NC3=CC(=O)N(CCO)C3=O)cc21. The normalized spacial score (nSPS) is 16.7. The number of hydrogen-bond acceptors (Lipinski definition) is 5. The second-order valence-corrected chi connectivity index (χ2v) is 4.87. The fraction of sp³-hybridized carbons (Fsp3) is 0.214. The molecule has 0 atom stereocenters. The van der Waals surface area contributed by atoms with E-state index in [2.05, 4.69) is 10.6 Å². The van der Waals surface area contributed by atoms with Gasteiger partial charge in [0.1, 0.15) is 11.5 Å². The summed E-state index contributed by atoms with van der Waals surface area (Å²) in [6, 6.07) is 2.58. The van der Waals surface area contributed by atoms with Gasteiger partial charge in [0.2, 0.25) is 0 Å². The van der Waals surface area contributed by atoms with Gasteiger partial charge in [0.25, 0.3) is 17.7 Å². The molecule has 2 heterocycles. The summed E-state index contributed by atoms with van der Waals surface area (Å²) in [6.45, 7) is -0.322. The first kappa shape index (κ1) is 14.2. The zero-order valence-electron chi connectivity index (χ0n) is 11.4. The molecule has 1 aromatic carbocycles. The molecule has 0 aliphatic carbocycles. The Morgan fingerprint density at radius 3 is 2.82 bits per heavy atom. The number of halogens is 1. The van der Waals surface area contributed by atoms with Gasteiger partial charge in [-0.2, -0.15) is 0 Å². The van der Waals surface area contributed by atoms with Crippen LogP contribution >= 0.6 is 0 Å². The molecule has 2 aliphatic heterocycles. The van der Waals surface area contributed by atoms with Crippen LogP contribution in [0.3, 0.4) is 0 Å². The molecule has 3 N–H and O–H groups in total. The summed E-state index contributed by atoms with van der Waals surface area (Å²) in [6.07, 6.45) is 1.07. The largest absolute Gasteiger partial charge is 0.395 e. The number of amides is 3. The van der Waals surface area contributed by atoms with Crippen molar-refractivity contribution >= 4 is 23.4 Å². The number of imide groups is 1. The van der Waals surface area contributed by atoms with E-state index < -0.39 is 17.6 Å². The standard InChI is InChI=1S/C14H12FN3O4/c15-10-4-7(3-8-9(10)6-16-13(8)21)17-11-5-12(20)18(1-2-19)14(11)22/h3-5,17,19H,1-2,6H2,(H,16,21). The van der Waals surface area contributed by atoms with Crippen LogP contribution in [0.15, 0.2) is 23.9 Å². The smallest absolute Gasteiger partial charge is 0.277 e. The van der Waals surface area contributed by atoms with Crippen LogP contribution in [0, 0.1) is 5.82 Å². The number of β-amino-alcohol motifs (C(OH)–C–C–N with tert-alkyl or cyclic N) is 1. The van der Waals surface area contributed by atoms with Crippen molar-refractivity contribution < 1.29 is 23.9 Å². The van der Waals surface area contributed by atoms with Crippen LogP contribution in [-0.4, -0.2) is 40.9 Å². The maximum Gasteiger partial charge on any atom is 0.277 e. The van der Waals surface area contributed by atoms with Crippen LogP contribution in [0.4, 0.5) is 10.1 Å². The minimum atomic E-state index is -0.607. The van der Waals surface area contributed by atoms with Gasteiger partial charge in [-0.05, 0) is 12.1 Å². The monoisotopic (exact) mass is 305 g/mol. The Bertz CT molecular complexity index is 729. The first-order chi connectivity index (χ1) is 10.5. The summed E-state index contributed by atoms with van der Waals surface area (Å²) in [7, 11) is 0. The van der Waals surface area contributed by atoms with Gasteiger partial charge >= 0.3 is 0 Å². The van der Waals surface area contributed by atoms with Gasteiger partial charge in [-0.15, -0.1) is 0 Å². The summed E-state index contributed by atoms with van der Waals surface area (Å²) in [4.78, 5) is 36.1. The lowest BCUT2D eigenvalue weighted by atomic mass is 10.1. The predicted molar refractivity (Wildman–Crippen MR) is 73.1 cm³/mol. The first-order valence-electron chi connectivity index (χ1n) is 6.57. The average Bonchev–Trinajstić information content (AvgIpc) is 2.96. The lowest BCUT2D eigenvalue weighted by Gasteiger charge is -2.13. The molecule has 0 aromatic heterocycles. The Labute approximate surface area is 124 Å². The second-order valence-electron chi connectivity index (χ2n) is 4.87. The molecule has 0 spiro atoms. The molecule has 8 heteroatoms. The lowest BCUT2D eigenvalue weighted by molar-refractivity contribution is -0.137. The second kappa shape index (κ2) is 5.23. The zero-order chi connectivity index (χ0) is 15.9. The Morgan fingerprint density at radius 2 is 2.09 bits per heavy atom. The molecule has 0 saturated heterocycles. The molecule has 0 saturated carbocycles. The van der Waals surface area contributed by atoms with Crippen molar-refractivity contribution in [1.82, 2.24) is 10.2 Å². The molecule has 7 nitrogen and oxygen atoms in total. The predicted octanol–water partition coefficient (Wildman–Crippen LogP) is -0.274. The van der Waals surface area contributed by atoms with Crippen LogP contribution in [-0.2, 0) is 16.1 Å². The number of nitrogens with zero attached hydrogens (tertiary/aromatic N) is 1. The third-order valence-corrected chi connectivity index (χ3v) is 3.48. The van der Waals surface area contributed by atoms with Crippen LogP contribution < -0.4 is 10.6 Å². The molecule has 0 unspecified atom stereocenters. The first-order valence-corrected chi connectivity index (χ1v) is 6.57. The summed E-state index contributed by atoms with van der Waals surface area (Å²) in [5.74, 6) is -2.12. The number of nitrogens with one attached hydrogen (secondary N) is 2. The number of aliphatic hydroxyl groups excluding tert-OH is 1. The number of carbonyl (C=O) groups excluding carboxylic acids is 3. The zero-order valence-corrected chi connectivity index (χ0v) is 11.4. The van der Waals surface area contributed by atoms with E-state index in [0.29, 0.717) is 0 Å². The summed E-state index contributed by atoms with van der Waals surface area (Å²) in [5, 5.41) is 14.0. The van der Waals surface area contributed by atoms with Gasteiger partial charge in [-0.3, -0.25) is 19.3 Å². The molecule has 114 valence electrons. The van der Waals surface area contributed by atoms with Crippen molar-refractivity contribution in [3.63, 3.8) is 0 Å². The third-order valence-electron chi connectivity index (χ3n) is 3.48. The van der Waals surface area contributed by atoms with E-state index >= 15 is 0 Å². The maximum atomic E-state index is 13.9. The van der Waals surface area contributed by atoms with E-state index in [1.54, 1.807) is 0 Å². The fourth-order valence-electron chi connectivity index (χ4n) is 2.42. The Balaban J connectivity index is 1.86. The molecule has 0 fully saturated rings. The highest BCUT2D eigenvalue weighted by Gasteiger charge is 2.31. The van der Waals surface area contributed by atoms with E-state index in [-0.39, 0.29) is 48.1 Å². The number of aliphatic hydroxyl groups is 1. The van der Waals surface area contributed by atoms with E-state index in [1.807, 2.05) is 0 Å². The maximum absolute atomic E-state index is 13.9. The molecule has 0 bridgehead atoms. The molecule has 1 aromatic rings. The van der Waals surface area contributed by atoms with E-state index in [0.717, 1.165) is 17.0 Å². The Kier molecular flexibility index (Phi) is 3.38. The van der Waals surface area contributed by atoms with Crippen LogP contribution in [0.1, 0.15) is 15.9 Å². The van der Waals surface area contributed by atoms with Gasteiger partial charge < -0.3 is 15.7 Å². The topological polar surface area (TPSA) is 98.7 Å². The van der Waals surface area contributed by atoms with Crippen molar-refractivity contribution in [3.8, 4) is 0 Å². The fourth-order valence-corrected chi connectivity index (χ4v) is 2.42. The van der Waals surface area contributed by atoms with Gasteiger partial charge in [0.05, 0.1) is 13.2 Å². The number of carbonyl (C=O) groups is 3. The van der Waals surface area contributed by atoms with Crippen molar-refractivity contribution in [2.45, 2.75) is 6.54 Å². The summed E-state index contributed by atoms with van der Waals surface area (Å²) in [5.41, 5.74) is 0.648. The van der Waals surface area contributed by atoms with Crippen molar-refractivity contribution in [2.75, 3.05) is 18.5 Å². The molecular weight excluding hydrogens is 293 g/mol. The summed E-state index contributed by atoms with van der Waals surface area (Å²) < 4.78 is 13.9. The van der Waals surface area contributed by atoms with Crippen LogP contribution in [0.25, 0.3) is 0 Å². The number of benzene rings is 1. The number of rotatable bonds is 4. The molecule has 22 heavy (non-hydrogen) atoms. The summed E-state index contributed by atoms with van der Waals surface area (Å²) >= 11 is 0. The van der Waals surface area contributed by atoms with E-state index in [4.69, 9.17) is 5.11 Å². The van der Waals surface area contributed by atoms with Crippen molar-refractivity contribution in [2.24, 2.45) is 0 Å². The van der Waals surface area contributed by atoms with Crippen molar-refractivity contribution in [1.29, 1.82) is 0 Å². The highest BCUT2D eigenvalue weighted by atomic mass is 19.1. The van der Waals surface area contributed by atoms with E-state index in [1.165, 1.54) is 6.07 Å². The molecule has 3 amide bonds. The molecule has 2 aliphatic rings. The minimum absolute atomic E-state index is 0.0313. The lowest BCUT2D eigenvalue weighted by Crippen LogP contribution is -2.34. The van der Waals surface area contributed by atoms with E-state index in [9.17, 15) is 18.8 Å². The number of anilines is 1. The molecule has 0 radical (unpaired) electrons. The van der Waals surface area contributed by atoms with Gasteiger partial charge in [0, 0.05) is 29.4 Å². The van der Waals surface area contributed by atoms with Crippen LogP contribution in [0.2, 0.25) is 0 Å². The minimum Gasteiger partial charge on any atom is -0.395 e. The Hall–Kier alpha value is -2.74. The van der Waals surface area contributed by atoms with Crippen molar-refractivity contribution in [3.05, 3.63) is 40.8 Å². The number of hydrogen-bond donors (Lipinski definition) is 3. The Morgan fingerprint density at radius 1 is 1.32 bits per heavy atom. The highest BCUT2D eigenvalue weighted by Crippen LogP contribution is 2.25. The number of fused-ring (bicyclic) bond motifs is 1. The third kappa shape index (κ3) is 2.23. The average molecular weight is 305 g/mol. The van der Waals surface area contributed by atoms with Gasteiger partial charge in [-0.1, -0.05) is 0 Å². The van der Waals surface area contributed by atoms with Crippen LogP contribution in [0.5, 0.6) is 0 Å². The van der Waals surface area contributed by atoms with Gasteiger partial charge in [-0.25, -0.2) is 4.39 Å².